The molecule has 0 aromatic heterocycles. The average Bonchev–Trinajstić information content (AvgIpc) is 3.06. The van der Waals surface area contributed by atoms with Crippen molar-refractivity contribution < 1.29 is 20.1 Å². The molecular formula is C26H44O4. The third-order valence-electron chi connectivity index (χ3n) is 10.9. The molecule has 172 valence electrons. The molecule has 4 unspecified atom stereocenters. The standard InChI is InChI=1S/C26H44O4/c1-5-18-22-13-16(28)8-10-26(22,4)21-9-11-25(3)19(15(2)12-17(29)14-27)6-7-20(25)23(21)24(18)30/h15-16,18-24,27-28,30H,5-14H2,1-4H3/t15-,16-,18-,19-,20?,21?,22+,23?,24?,25-,26-/m1/s1. The number of Topliss-reactive ketones (excluding diaryl/α,β-unsaturated/α-hetero) is 1. The summed E-state index contributed by atoms with van der Waals surface area (Å²) in [6, 6.07) is 0. The summed E-state index contributed by atoms with van der Waals surface area (Å²) in [7, 11) is 0. The van der Waals surface area contributed by atoms with E-state index in [2.05, 4.69) is 27.7 Å². The van der Waals surface area contributed by atoms with E-state index in [0.29, 0.717) is 47.8 Å². The molecule has 4 saturated carbocycles. The Morgan fingerprint density at radius 2 is 1.67 bits per heavy atom. The molecule has 0 amide bonds. The van der Waals surface area contributed by atoms with Gasteiger partial charge in [-0.05, 0) is 97.2 Å². The Morgan fingerprint density at radius 3 is 2.33 bits per heavy atom. The van der Waals surface area contributed by atoms with Crippen LogP contribution in [-0.4, -0.2) is 39.9 Å². The van der Waals surface area contributed by atoms with Crippen LogP contribution in [-0.2, 0) is 4.79 Å². The van der Waals surface area contributed by atoms with Gasteiger partial charge in [0.25, 0.3) is 0 Å². The van der Waals surface area contributed by atoms with Gasteiger partial charge in [-0.25, -0.2) is 0 Å². The van der Waals surface area contributed by atoms with Crippen LogP contribution in [0.5, 0.6) is 0 Å². The lowest BCUT2D eigenvalue weighted by atomic mass is 9.41. The van der Waals surface area contributed by atoms with Crippen molar-refractivity contribution in [2.45, 2.75) is 97.7 Å². The minimum absolute atomic E-state index is 0.0388. The molecule has 11 atom stereocenters. The first-order chi connectivity index (χ1) is 14.2. The van der Waals surface area contributed by atoms with E-state index in [1.165, 1.54) is 12.8 Å². The van der Waals surface area contributed by atoms with Crippen molar-refractivity contribution >= 4 is 5.78 Å². The molecule has 0 bridgehead atoms. The first-order valence-electron chi connectivity index (χ1n) is 12.7. The monoisotopic (exact) mass is 420 g/mol. The number of hydrogen-bond donors (Lipinski definition) is 3. The van der Waals surface area contributed by atoms with Crippen molar-refractivity contribution in [3.05, 3.63) is 0 Å². The Morgan fingerprint density at radius 1 is 1.00 bits per heavy atom. The molecule has 0 heterocycles. The van der Waals surface area contributed by atoms with Crippen molar-refractivity contribution in [3.63, 3.8) is 0 Å². The molecule has 0 radical (unpaired) electrons. The second kappa shape index (κ2) is 8.15. The summed E-state index contributed by atoms with van der Waals surface area (Å²) in [6.45, 7) is 9.00. The first kappa shape index (κ1) is 22.7. The Labute approximate surface area is 182 Å². The SMILES string of the molecule is CC[C@H]1C(O)C2C3CC[C@H]([C@H](C)CC(=O)CO)[C@@]3(C)CCC2[C@@]2(C)CC[C@@H](O)C[C@@H]12. The number of ketones is 1. The van der Waals surface area contributed by atoms with Crippen LogP contribution in [0.1, 0.15) is 85.5 Å². The van der Waals surface area contributed by atoms with E-state index in [-0.39, 0.29) is 35.4 Å². The lowest BCUT2D eigenvalue weighted by Crippen LogP contribution is -2.62. The summed E-state index contributed by atoms with van der Waals surface area (Å²) in [5.41, 5.74) is 0.425. The van der Waals surface area contributed by atoms with Gasteiger partial charge in [-0.2, -0.15) is 0 Å². The molecule has 4 aliphatic carbocycles. The summed E-state index contributed by atoms with van der Waals surface area (Å²) in [5.74, 6) is 2.93. The maximum absolute atomic E-state index is 11.9. The van der Waals surface area contributed by atoms with Gasteiger partial charge in [-0.1, -0.05) is 34.1 Å². The van der Waals surface area contributed by atoms with Crippen molar-refractivity contribution in [1.82, 2.24) is 0 Å². The molecule has 0 aliphatic heterocycles. The van der Waals surface area contributed by atoms with Crippen molar-refractivity contribution in [2.24, 2.45) is 52.3 Å². The fraction of sp³-hybridized carbons (Fsp3) is 0.962. The largest absolute Gasteiger partial charge is 0.393 e. The van der Waals surface area contributed by atoms with Crippen LogP contribution in [0.2, 0.25) is 0 Å². The van der Waals surface area contributed by atoms with Crippen LogP contribution in [0.3, 0.4) is 0 Å². The van der Waals surface area contributed by atoms with Crippen molar-refractivity contribution in [1.29, 1.82) is 0 Å². The zero-order valence-corrected chi connectivity index (χ0v) is 19.5. The Kier molecular flexibility index (Phi) is 6.18. The summed E-state index contributed by atoms with van der Waals surface area (Å²) in [5, 5.41) is 31.3. The van der Waals surface area contributed by atoms with Gasteiger partial charge < -0.3 is 15.3 Å². The molecule has 4 rings (SSSR count). The maximum atomic E-state index is 11.9. The van der Waals surface area contributed by atoms with Gasteiger partial charge >= 0.3 is 0 Å². The number of rotatable bonds is 5. The highest BCUT2D eigenvalue weighted by molar-refractivity contribution is 5.79. The first-order valence-corrected chi connectivity index (χ1v) is 12.7. The molecule has 0 aromatic carbocycles. The Balaban J connectivity index is 1.63. The zero-order valence-electron chi connectivity index (χ0n) is 19.5. The van der Waals surface area contributed by atoms with E-state index in [1.807, 2.05) is 0 Å². The summed E-state index contributed by atoms with van der Waals surface area (Å²) in [6.07, 6.45) is 8.55. The summed E-state index contributed by atoms with van der Waals surface area (Å²) >= 11 is 0. The summed E-state index contributed by atoms with van der Waals surface area (Å²) < 4.78 is 0. The van der Waals surface area contributed by atoms with E-state index in [1.54, 1.807) is 0 Å². The van der Waals surface area contributed by atoms with Crippen molar-refractivity contribution in [2.75, 3.05) is 6.61 Å². The molecule has 4 aliphatic rings. The molecule has 0 spiro atoms. The topological polar surface area (TPSA) is 77.8 Å². The molecule has 4 nitrogen and oxygen atoms in total. The number of aliphatic hydroxyl groups excluding tert-OH is 3. The number of fused-ring (bicyclic) bond motifs is 5. The highest BCUT2D eigenvalue weighted by atomic mass is 16.3. The summed E-state index contributed by atoms with van der Waals surface area (Å²) in [4.78, 5) is 11.9. The van der Waals surface area contributed by atoms with Crippen LogP contribution in [0, 0.1) is 52.3 Å². The minimum atomic E-state index is -0.343. The van der Waals surface area contributed by atoms with Gasteiger partial charge in [0.15, 0.2) is 5.78 Å². The quantitative estimate of drug-likeness (QED) is 0.623. The van der Waals surface area contributed by atoms with Crippen LogP contribution in [0.4, 0.5) is 0 Å². The van der Waals surface area contributed by atoms with Gasteiger partial charge in [0.1, 0.15) is 6.61 Å². The van der Waals surface area contributed by atoms with E-state index in [4.69, 9.17) is 0 Å². The molecule has 4 fully saturated rings. The fourth-order valence-corrected chi connectivity index (χ4v) is 9.50. The minimum Gasteiger partial charge on any atom is -0.393 e. The van der Waals surface area contributed by atoms with E-state index in [9.17, 15) is 20.1 Å². The number of aliphatic hydroxyl groups is 3. The second-order valence-electron chi connectivity index (χ2n) is 12.0. The van der Waals surface area contributed by atoms with Crippen LogP contribution in [0.15, 0.2) is 0 Å². The number of hydrogen-bond acceptors (Lipinski definition) is 4. The number of carbonyl (C=O) groups excluding carboxylic acids is 1. The van der Waals surface area contributed by atoms with Gasteiger partial charge in [-0.3, -0.25) is 4.79 Å². The smallest absolute Gasteiger partial charge is 0.158 e. The average molecular weight is 421 g/mol. The molecule has 3 N–H and O–H groups in total. The molecular weight excluding hydrogens is 376 g/mol. The molecule has 4 heteroatoms. The third-order valence-corrected chi connectivity index (χ3v) is 10.9. The fourth-order valence-electron chi connectivity index (χ4n) is 9.50. The van der Waals surface area contributed by atoms with E-state index < -0.39 is 0 Å². The van der Waals surface area contributed by atoms with Gasteiger partial charge in [0.05, 0.1) is 12.2 Å². The maximum Gasteiger partial charge on any atom is 0.158 e. The van der Waals surface area contributed by atoms with Crippen LogP contribution < -0.4 is 0 Å². The zero-order chi connectivity index (χ0) is 21.8. The lowest BCUT2D eigenvalue weighted by Gasteiger charge is -2.64. The van der Waals surface area contributed by atoms with Crippen LogP contribution in [0.25, 0.3) is 0 Å². The molecule has 0 aromatic rings. The van der Waals surface area contributed by atoms with Gasteiger partial charge in [-0.15, -0.1) is 0 Å². The predicted octanol–water partition coefficient (Wildman–Crippen LogP) is 4.20. The molecule has 30 heavy (non-hydrogen) atoms. The Bertz CT molecular complexity index is 649. The van der Waals surface area contributed by atoms with Crippen molar-refractivity contribution in [3.8, 4) is 0 Å². The van der Waals surface area contributed by atoms with Crippen LogP contribution >= 0.6 is 0 Å². The van der Waals surface area contributed by atoms with Gasteiger partial charge in [0.2, 0.25) is 0 Å². The van der Waals surface area contributed by atoms with E-state index in [0.717, 1.165) is 38.5 Å². The highest BCUT2D eigenvalue weighted by Crippen LogP contribution is 2.69. The molecule has 0 saturated heterocycles. The normalized spacial score (nSPS) is 51.6. The van der Waals surface area contributed by atoms with E-state index >= 15 is 0 Å². The predicted molar refractivity (Wildman–Crippen MR) is 118 cm³/mol. The Hall–Kier alpha value is -0.450. The number of carbonyl (C=O) groups is 1. The highest BCUT2D eigenvalue weighted by Gasteiger charge is 2.64. The lowest BCUT2D eigenvalue weighted by molar-refractivity contribution is -0.203. The van der Waals surface area contributed by atoms with Gasteiger partial charge in [0, 0.05) is 6.42 Å². The second-order valence-corrected chi connectivity index (χ2v) is 12.0. The third kappa shape index (κ3) is 3.31.